The zero-order valence-electron chi connectivity index (χ0n) is 16.6. The lowest BCUT2D eigenvalue weighted by Gasteiger charge is -2.11. The third kappa shape index (κ3) is 3.18. The number of oxazole rings is 1. The van der Waals surface area contributed by atoms with E-state index in [1.807, 2.05) is 49.5 Å². The van der Waals surface area contributed by atoms with Gasteiger partial charge in [-0.3, -0.25) is 9.67 Å². The Kier molecular flexibility index (Phi) is 4.41. The molecular formula is C23H17N7O. The zero-order valence-corrected chi connectivity index (χ0v) is 16.6. The molecule has 0 atom stereocenters. The van der Waals surface area contributed by atoms with Crippen molar-refractivity contribution in [3.05, 3.63) is 78.2 Å². The fourth-order valence-electron chi connectivity index (χ4n) is 3.64. The Hall–Kier alpha value is -4.51. The van der Waals surface area contributed by atoms with Crippen LogP contribution >= 0.6 is 0 Å². The van der Waals surface area contributed by atoms with E-state index in [0.717, 1.165) is 11.1 Å². The van der Waals surface area contributed by atoms with E-state index < -0.39 is 0 Å². The Morgan fingerprint density at radius 1 is 1.13 bits per heavy atom. The topological polar surface area (TPSA) is 119 Å². The molecule has 0 aliphatic carbocycles. The maximum Gasteiger partial charge on any atom is 0.181 e. The minimum absolute atomic E-state index is 0.276. The molecule has 4 aromatic heterocycles. The highest BCUT2D eigenvalue weighted by molar-refractivity contribution is 6.04. The molecule has 5 rings (SSSR count). The van der Waals surface area contributed by atoms with Crippen LogP contribution in [0.2, 0.25) is 0 Å². The molecule has 0 aliphatic rings. The summed E-state index contributed by atoms with van der Waals surface area (Å²) in [4.78, 5) is 13.3. The summed E-state index contributed by atoms with van der Waals surface area (Å²) in [5, 5.41) is 15.1. The van der Waals surface area contributed by atoms with Gasteiger partial charge in [0.15, 0.2) is 18.0 Å². The largest absolute Gasteiger partial charge is 0.443 e. The molecule has 150 valence electrons. The lowest BCUT2D eigenvalue weighted by molar-refractivity contribution is 0.572. The van der Waals surface area contributed by atoms with Crippen LogP contribution in [-0.4, -0.2) is 24.7 Å². The maximum absolute atomic E-state index is 9.64. The van der Waals surface area contributed by atoms with Gasteiger partial charge in [-0.1, -0.05) is 24.3 Å². The smallest absolute Gasteiger partial charge is 0.181 e. The minimum Gasteiger partial charge on any atom is -0.443 e. The Morgan fingerprint density at radius 3 is 2.71 bits per heavy atom. The van der Waals surface area contributed by atoms with Crippen molar-refractivity contribution >= 4 is 16.7 Å². The first-order valence-corrected chi connectivity index (χ1v) is 9.62. The maximum atomic E-state index is 9.64. The number of nitrogen functional groups attached to an aromatic ring is 1. The highest BCUT2D eigenvalue weighted by Crippen LogP contribution is 2.40. The summed E-state index contributed by atoms with van der Waals surface area (Å²) in [6.07, 6.45) is 5.04. The van der Waals surface area contributed by atoms with Crippen LogP contribution in [0.4, 0.5) is 5.82 Å². The number of benzene rings is 1. The van der Waals surface area contributed by atoms with Gasteiger partial charge in [-0.25, -0.2) is 9.97 Å². The number of aryl methyl sites for hydroxylation is 1. The van der Waals surface area contributed by atoms with Gasteiger partial charge in [0.1, 0.15) is 5.52 Å². The number of nitrogens with two attached hydrogens (primary N) is 1. The molecule has 0 saturated heterocycles. The molecule has 5 aromatic rings. The second kappa shape index (κ2) is 7.39. The predicted octanol–water partition coefficient (Wildman–Crippen LogP) is 3.96. The molecule has 8 nitrogen and oxygen atoms in total. The molecule has 0 saturated carbocycles. The zero-order chi connectivity index (χ0) is 21.4. The Labute approximate surface area is 177 Å². The number of fused-ring (bicyclic) bond motifs is 1. The van der Waals surface area contributed by atoms with Crippen LogP contribution < -0.4 is 5.73 Å². The number of hydrogen-bond donors (Lipinski definition) is 1. The van der Waals surface area contributed by atoms with Crippen LogP contribution in [0.15, 0.2) is 65.7 Å². The van der Waals surface area contributed by atoms with Crippen LogP contribution in [0, 0.1) is 18.3 Å². The van der Waals surface area contributed by atoms with Crippen molar-refractivity contribution in [1.82, 2.24) is 24.7 Å². The Bertz CT molecular complexity index is 1440. The molecule has 8 heteroatoms. The molecule has 0 spiro atoms. The first-order chi connectivity index (χ1) is 15.2. The number of rotatable bonds is 4. The van der Waals surface area contributed by atoms with E-state index in [1.165, 1.54) is 6.39 Å². The highest BCUT2D eigenvalue weighted by atomic mass is 16.3. The van der Waals surface area contributed by atoms with Crippen LogP contribution in [0.5, 0.6) is 0 Å². The van der Waals surface area contributed by atoms with E-state index in [9.17, 15) is 5.26 Å². The van der Waals surface area contributed by atoms with Gasteiger partial charge in [0.05, 0.1) is 40.8 Å². The molecule has 0 bridgehead atoms. The predicted molar refractivity (Wildman–Crippen MR) is 116 cm³/mol. The number of aromatic nitrogens is 5. The van der Waals surface area contributed by atoms with Crippen molar-refractivity contribution in [2.24, 2.45) is 0 Å². The quantitative estimate of drug-likeness (QED) is 0.479. The molecule has 1 aromatic carbocycles. The molecule has 2 N–H and O–H groups in total. The third-order valence-corrected chi connectivity index (χ3v) is 5.07. The van der Waals surface area contributed by atoms with Gasteiger partial charge in [0.2, 0.25) is 0 Å². The fraction of sp³-hybridized carbons (Fsp3) is 0.0870. The second-order valence-corrected chi connectivity index (χ2v) is 7.05. The lowest BCUT2D eigenvalue weighted by atomic mass is 9.96. The summed E-state index contributed by atoms with van der Waals surface area (Å²) in [5.41, 5.74) is 10.9. The highest BCUT2D eigenvalue weighted by Gasteiger charge is 2.24. The van der Waals surface area contributed by atoms with Gasteiger partial charge in [-0.05, 0) is 25.1 Å². The lowest BCUT2D eigenvalue weighted by Crippen LogP contribution is -2.02. The standard InChI is InChI=1S/C23H17N7O/c1-14-22(31-13-27-14)19-18-12-30(11-16-7-4-5-9-26-16)29-21(18)23(25)28-20(19)17-8-3-2-6-15(17)10-24/h2-9,12-13H,11H2,1H3,(H2,25,28). The first-order valence-electron chi connectivity index (χ1n) is 9.62. The molecule has 0 unspecified atom stereocenters. The molecular weight excluding hydrogens is 390 g/mol. The van der Waals surface area contributed by atoms with Gasteiger partial charge in [0.25, 0.3) is 0 Å². The van der Waals surface area contributed by atoms with E-state index in [4.69, 9.17) is 10.2 Å². The molecule has 0 amide bonds. The monoisotopic (exact) mass is 407 g/mol. The van der Waals surface area contributed by atoms with Crippen LogP contribution in [0.3, 0.4) is 0 Å². The van der Waals surface area contributed by atoms with Crippen LogP contribution in [0.1, 0.15) is 17.0 Å². The van der Waals surface area contributed by atoms with Gasteiger partial charge in [0, 0.05) is 23.3 Å². The van der Waals surface area contributed by atoms with Gasteiger partial charge in [-0.15, -0.1) is 0 Å². The Balaban J connectivity index is 1.80. The fourth-order valence-corrected chi connectivity index (χ4v) is 3.64. The summed E-state index contributed by atoms with van der Waals surface area (Å²) in [7, 11) is 0. The van der Waals surface area contributed by atoms with Crippen molar-refractivity contribution in [2.75, 3.05) is 5.73 Å². The van der Waals surface area contributed by atoms with E-state index in [1.54, 1.807) is 16.9 Å². The van der Waals surface area contributed by atoms with Crippen LogP contribution in [-0.2, 0) is 6.54 Å². The molecule has 0 fully saturated rings. The van der Waals surface area contributed by atoms with Crippen molar-refractivity contribution in [3.8, 4) is 28.7 Å². The van der Waals surface area contributed by atoms with E-state index in [-0.39, 0.29) is 5.82 Å². The van der Waals surface area contributed by atoms with E-state index >= 15 is 0 Å². The van der Waals surface area contributed by atoms with Crippen molar-refractivity contribution < 1.29 is 4.42 Å². The van der Waals surface area contributed by atoms with Gasteiger partial charge in [-0.2, -0.15) is 10.4 Å². The van der Waals surface area contributed by atoms with Crippen LogP contribution in [0.25, 0.3) is 33.5 Å². The number of nitriles is 1. The summed E-state index contributed by atoms with van der Waals surface area (Å²) >= 11 is 0. The minimum atomic E-state index is 0.276. The molecule has 0 aliphatic heterocycles. The van der Waals surface area contributed by atoms with Crippen molar-refractivity contribution in [1.29, 1.82) is 5.26 Å². The number of anilines is 1. The average Bonchev–Trinajstić information content (AvgIpc) is 3.41. The first kappa shape index (κ1) is 18.5. The van der Waals surface area contributed by atoms with Gasteiger partial charge >= 0.3 is 0 Å². The summed E-state index contributed by atoms with van der Waals surface area (Å²) < 4.78 is 7.52. The summed E-state index contributed by atoms with van der Waals surface area (Å²) in [6.45, 7) is 2.34. The van der Waals surface area contributed by atoms with Gasteiger partial charge < -0.3 is 10.2 Å². The average molecular weight is 407 g/mol. The Morgan fingerprint density at radius 2 is 1.97 bits per heavy atom. The normalized spacial score (nSPS) is 11.0. The molecule has 31 heavy (non-hydrogen) atoms. The third-order valence-electron chi connectivity index (χ3n) is 5.07. The number of nitrogens with zero attached hydrogens (tertiary/aromatic N) is 6. The van der Waals surface area contributed by atoms with E-state index in [0.29, 0.717) is 45.9 Å². The molecule has 0 radical (unpaired) electrons. The number of hydrogen-bond acceptors (Lipinski definition) is 7. The van der Waals surface area contributed by atoms with Crippen molar-refractivity contribution in [3.63, 3.8) is 0 Å². The van der Waals surface area contributed by atoms with E-state index in [2.05, 4.69) is 26.1 Å². The SMILES string of the molecule is Cc1ncoc1-c1c(-c2ccccc2C#N)nc(N)c2nn(Cc3ccccn3)cc12. The second-order valence-electron chi connectivity index (χ2n) is 7.05. The van der Waals surface area contributed by atoms with Crippen molar-refractivity contribution in [2.45, 2.75) is 13.5 Å². The summed E-state index contributed by atoms with van der Waals surface area (Å²) in [5.74, 6) is 0.844. The number of pyridine rings is 2. The molecule has 4 heterocycles. The summed E-state index contributed by atoms with van der Waals surface area (Å²) in [6, 6.07) is 15.2.